The quantitative estimate of drug-likeness (QED) is 0.922. The van der Waals surface area contributed by atoms with Crippen molar-refractivity contribution in [1.29, 1.82) is 0 Å². The summed E-state index contributed by atoms with van der Waals surface area (Å²) in [7, 11) is 1.96. The summed E-state index contributed by atoms with van der Waals surface area (Å²) in [6.07, 6.45) is 5.75. The molecule has 21 heavy (non-hydrogen) atoms. The molecule has 4 nitrogen and oxygen atoms in total. The molecule has 2 saturated heterocycles. The molecule has 2 unspecified atom stereocenters. The average Bonchev–Trinajstić information content (AvgIpc) is 3.15. The molecule has 0 radical (unpaired) electrons. The highest BCUT2D eigenvalue weighted by atomic mass is 15.3. The molecule has 3 heterocycles. The summed E-state index contributed by atoms with van der Waals surface area (Å²) in [5, 5.41) is 3.21. The molecule has 0 saturated carbocycles. The lowest BCUT2D eigenvalue weighted by atomic mass is 9.96. The number of pyridine rings is 1. The van der Waals surface area contributed by atoms with Crippen molar-refractivity contribution in [3.8, 4) is 0 Å². The third-order valence-electron chi connectivity index (χ3n) is 4.94. The van der Waals surface area contributed by atoms with Crippen LogP contribution in [-0.2, 0) is 0 Å². The Hall–Kier alpha value is -1.71. The first-order valence-electron chi connectivity index (χ1n) is 8.00. The van der Waals surface area contributed by atoms with Gasteiger partial charge in [-0.25, -0.2) is 4.98 Å². The summed E-state index contributed by atoms with van der Waals surface area (Å²) in [4.78, 5) is 9.55. The van der Waals surface area contributed by atoms with Crippen molar-refractivity contribution in [2.45, 2.75) is 32.2 Å². The Labute approximate surface area is 127 Å². The standard InChI is InChI=1S/C17H26N4/c1-13(2)20-10-7-14(12-20)16-5-4-9-21(16)17-11-15(18-3)6-8-19-17/h6,8,11,14,16H,1,4-5,7,9-10,12H2,2-3H3,(H,18,19). The fourth-order valence-electron chi connectivity index (χ4n) is 3.75. The second kappa shape index (κ2) is 5.96. The number of allylic oxidation sites excluding steroid dienone is 1. The first-order chi connectivity index (χ1) is 10.2. The number of hydrogen-bond acceptors (Lipinski definition) is 4. The van der Waals surface area contributed by atoms with Crippen molar-refractivity contribution in [2.75, 3.05) is 36.9 Å². The minimum atomic E-state index is 0.633. The summed E-state index contributed by atoms with van der Waals surface area (Å²) < 4.78 is 0. The van der Waals surface area contributed by atoms with Crippen molar-refractivity contribution < 1.29 is 0 Å². The number of anilines is 2. The molecule has 2 fully saturated rings. The third kappa shape index (κ3) is 2.85. The Bertz CT molecular complexity index is 513. The van der Waals surface area contributed by atoms with Gasteiger partial charge >= 0.3 is 0 Å². The number of hydrogen-bond donors (Lipinski definition) is 1. The second-order valence-corrected chi connectivity index (χ2v) is 6.29. The molecular weight excluding hydrogens is 260 g/mol. The molecule has 2 aliphatic rings. The van der Waals surface area contributed by atoms with E-state index in [1.54, 1.807) is 0 Å². The SMILES string of the molecule is C=C(C)N1CCC(C2CCCN2c2cc(NC)ccn2)C1. The molecule has 3 rings (SSSR count). The number of aromatic nitrogens is 1. The predicted molar refractivity (Wildman–Crippen MR) is 88.6 cm³/mol. The molecule has 0 aromatic carbocycles. The summed E-state index contributed by atoms with van der Waals surface area (Å²) in [6, 6.07) is 4.82. The van der Waals surface area contributed by atoms with Gasteiger partial charge in [0, 0.05) is 56.4 Å². The largest absolute Gasteiger partial charge is 0.388 e. The fourth-order valence-corrected chi connectivity index (χ4v) is 3.75. The molecule has 4 heteroatoms. The van der Waals surface area contributed by atoms with Crippen LogP contribution >= 0.6 is 0 Å². The maximum absolute atomic E-state index is 4.60. The van der Waals surface area contributed by atoms with E-state index in [4.69, 9.17) is 0 Å². The van der Waals surface area contributed by atoms with Crippen LogP contribution in [0.1, 0.15) is 26.2 Å². The van der Waals surface area contributed by atoms with Crippen molar-refractivity contribution in [3.05, 3.63) is 30.6 Å². The van der Waals surface area contributed by atoms with Gasteiger partial charge in [0.1, 0.15) is 5.82 Å². The highest BCUT2D eigenvalue weighted by Crippen LogP contribution is 2.34. The summed E-state index contributed by atoms with van der Waals surface area (Å²) in [5.74, 6) is 1.86. The van der Waals surface area contributed by atoms with E-state index in [1.807, 2.05) is 19.3 Å². The van der Waals surface area contributed by atoms with Gasteiger partial charge in [-0.15, -0.1) is 0 Å². The van der Waals surface area contributed by atoms with Gasteiger partial charge in [-0.05, 0) is 38.2 Å². The van der Waals surface area contributed by atoms with Gasteiger partial charge in [0.05, 0.1) is 0 Å². The van der Waals surface area contributed by atoms with Crippen molar-refractivity contribution >= 4 is 11.5 Å². The average molecular weight is 286 g/mol. The number of nitrogens with zero attached hydrogens (tertiary/aromatic N) is 3. The first-order valence-corrected chi connectivity index (χ1v) is 8.00. The van der Waals surface area contributed by atoms with Gasteiger partial charge in [0.2, 0.25) is 0 Å². The lowest BCUT2D eigenvalue weighted by Gasteiger charge is -2.31. The fraction of sp³-hybridized carbons (Fsp3) is 0.588. The number of nitrogens with one attached hydrogen (secondary N) is 1. The maximum Gasteiger partial charge on any atom is 0.130 e. The number of likely N-dealkylation sites (tertiary alicyclic amines) is 1. The van der Waals surface area contributed by atoms with E-state index >= 15 is 0 Å². The van der Waals surface area contributed by atoms with Crippen LogP contribution in [0.5, 0.6) is 0 Å². The molecule has 0 spiro atoms. The molecule has 0 bridgehead atoms. The monoisotopic (exact) mass is 286 g/mol. The number of rotatable bonds is 4. The van der Waals surface area contributed by atoms with Crippen LogP contribution < -0.4 is 10.2 Å². The maximum atomic E-state index is 4.60. The van der Waals surface area contributed by atoms with Crippen molar-refractivity contribution in [3.63, 3.8) is 0 Å². The van der Waals surface area contributed by atoms with Crippen LogP contribution in [0.25, 0.3) is 0 Å². The highest BCUT2D eigenvalue weighted by molar-refractivity contribution is 5.54. The lowest BCUT2D eigenvalue weighted by molar-refractivity contribution is 0.376. The van der Waals surface area contributed by atoms with Crippen LogP contribution in [0, 0.1) is 5.92 Å². The zero-order valence-electron chi connectivity index (χ0n) is 13.2. The molecular formula is C17H26N4. The lowest BCUT2D eigenvalue weighted by Crippen LogP contribution is -2.37. The summed E-state index contributed by atoms with van der Waals surface area (Å²) in [6.45, 7) is 9.66. The second-order valence-electron chi connectivity index (χ2n) is 6.29. The minimum Gasteiger partial charge on any atom is -0.388 e. The molecule has 0 amide bonds. The van der Waals surface area contributed by atoms with E-state index in [2.05, 4.69) is 39.7 Å². The third-order valence-corrected chi connectivity index (χ3v) is 4.94. The van der Waals surface area contributed by atoms with Crippen LogP contribution in [0.3, 0.4) is 0 Å². The molecule has 114 valence electrons. The molecule has 1 aromatic rings. The van der Waals surface area contributed by atoms with E-state index in [9.17, 15) is 0 Å². The Morgan fingerprint density at radius 2 is 2.24 bits per heavy atom. The molecule has 0 aliphatic carbocycles. The van der Waals surface area contributed by atoms with Gasteiger partial charge in [-0.1, -0.05) is 6.58 Å². The summed E-state index contributed by atoms with van der Waals surface area (Å²) >= 11 is 0. The predicted octanol–water partition coefficient (Wildman–Crippen LogP) is 2.95. The Morgan fingerprint density at radius 3 is 2.95 bits per heavy atom. The first kappa shape index (κ1) is 14.2. The molecule has 2 aliphatic heterocycles. The van der Waals surface area contributed by atoms with E-state index < -0.39 is 0 Å². The van der Waals surface area contributed by atoms with Gasteiger partial charge < -0.3 is 15.1 Å². The Morgan fingerprint density at radius 1 is 1.38 bits per heavy atom. The van der Waals surface area contributed by atoms with Crippen LogP contribution in [0.4, 0.5) is 11.5 Å². The molecule has 1 aromatic heterocycles. The van der Waals surface area contributed by atoms with Crippen molar-refractivity contribution in [1.82, 2.24) is 9.88 Å². The van der Waals surface area contributed by atoms with Gasteiger partial charge in [0.15, 0.2) is 0 Å². The van der Waals surface area contributed by atoms with Gasteiger partial charge in [-0.2, -0.15) is 0 Å². The van der Waals surface area contributed by atoms with Gasteiger partial charge in [0.25, 0.3) is 0 Å². The topological polar surface area (TPSA) is 31.4 Å². The molecule has 2 atom stereocenters. The Balaban J connectivity index is 1.75. The smallest absolute Gasteiger partial charge is 0.130 e. The summed E-state index contributed by atoms with van der Waals surface area (Å²) in [5.41, 5.74) is 2.35. The minimum absolute atomic E-state index is 0.633. The van der Waals surface area contributed by atoms with Crippen LogP contribution in [0.15, 0.2) is 30.6 Å². The van der Waals surface area contributed by atoms with Gasteiger partial charge in [-0.3, -0.25) is 0 Å². The van der Waals surface area contributed by atoms with Crippen LogP contribution in [-0.4, -0.2) is 42.6 Å². The van der Waals surface area contributed by atoms with E-state index in [1.165, 1.54) is 25.0 Å². The highest BCUT2D eigenvalue weighted by Gasteiger charge is 2.36. The zero-order chi connectivity index (χ0) is 14.8. The van der Waals surface area contributed by atoms with Crippen LogP contribution in [0.2, 0.25) is 0 Å². The van der Waals surface area contributed by atoms with E-state index in [0.29, 0.717) is 6.04 Å². The zero-order valence-corrected chi connectivity index (χ0v) is 13.2. The normalized spacial score (nSPS) is 25.4. The van der Waals surface area contributed by atoms with E-state index in [0.717, 1.165) is 37.1 Å². The Kier molecular flexibility index (Phi) is 4.04. The van der Waals surface area contributed by atoms with Crippen molar-refractivity contribution in [2.24, 2.45) is 5.92 Å². The molecule has 1 N–H and O–H groups in total. The van der Waals surface area contributed by atoms with E-state index in [-0.39, 0.29) is 0 Å².